The van der Waals surface area contributed by atoms with Crippen LogP contribution in [0.2, 0.25) is 0 Å². The van der Waals surface area contributed by atoms with Crippen LogP contribution in [-0.2, 0) is 14.3 Å². The summed E-state index contributed by atoms with van der Waals surface area (Å²) in [4.78, 5) is 12.2. The molecule has 4 heteroatoms. The second-order valence-electron chi connectivity index (χ2n) is 6.06. The number of hydrogen-bond acceptors (Lipinski definition) is 4. The molecular weight excluding hydrogens is 254 g/mol. The highest BCUT2D eigenvalue weighted by Gasteiger charge is 2.40. The van der Waals surface area contributed by atoms with Gasteiger partial charge in [0.05, 0.1) is 12.7 Å². The van der Waals surface area contributed by atoms with E-state index in [1.165, 1.54) is 12.8 Å². The molecule has 0 aromatic rings. The van der Waals surface area contributed by atoms with Crippen molar-refractivity contribution in [3.63, 3.8) is 0 Å². The molecule has 118 valence electrons. The predicted molar refractivity (Wildman–Crippen MR) is 80.8 cm³/mol. The first-order valence-corrected chi connectivity index (χ1v) is 8.08. The Bertz CT molecular complexity index is 291. The largest absolute Gasteiger partial charge is 0.465 e. The lowest BCUT2D eigenvalue weighted by Gasteiger charge is -2.31. The third-order valence-electron chi connectivity index (χ3n) is 3.67. The molecule has 0 heterocycles. The Labute approximate surface area is 123 Å². The molecule has 0 aromatic heterocycles. The molecule has 20 heavy (non-hydrogen) atoms. The van der Waals surface area contributed by atoms with Crippen molar-refractivity contribution >= 4 is 5.97 Å². The summed E-state index contributed by atoms with van der Waals surface area (Å²) in [6, 6.07) is 0.469. The van der Waals surface area contributed by atoms with Gasteiger partial charge >= 0.3 is 5.97 Å². The van der Waals surface area contributed by atoms with E-state index in [1.807, 2.05) is 20.8 Å². The van der Waals surface area contributed by atoms with E-state index in [4.69, 9.17) is 9.47 Å². The van der Waals surface area contributed by atoms with E-state index in [0.29, 0.717) is 19.1 Å². The minimum Gasteiger partial charge on any atom is -0.465 e. The minimum atomic E-state index is -0.624. The topological polar surface area (TPSA) is 47.6 Å². The van der Waals surface area contributed by atoms with Crippen molar-refractivity contribution in [2.24, 2.45) is 0 Å². The van der Waals surface area contributed by atoms with E-state index < -0.39 is 5.54 Å². The van der Waals surface area contributed by atoms with Crippen LogP contribution in [0.3, 0.4) is 0 Å². The highest BCUT2D eigenvalue weighted by atomic mass is 16.5. The van der Waals surface area contributed by atoms with Crippen LogP contribution in [0.25, 0.3) is 0 Å². The molecular formula is C16H31NO3. The first kappa shape index (κ1) is 17.4. The molecule has 0 aliphatic heterocycles. The molecule has 1 aliphatic carbocycles. The lowest BCUT2D eigenvalue weighted by atomic mass is 9.94. The monoisotopic (exact) mass is 285 g/mol. The summed E-state index contributed by atoms with van der Waals surface area (Å²) in [7, 11) is 0. The van der Waals surface area contributed by atoms with E-state index in [1.54, 1.807) is 0 Å². The van der Waals surface area contributed by atoms with Crippen LogP contribution >= 0.6 is 0 Å². The molecule has 1 N–H and O–H groups in total. The first-order chi connectivity index (χ1) is 9.51. The number of carbonyl (C=O) groups is 1. The van der Waals surface area contributed by atoms with Crippen molar-refractivity contribution in [1.29, 1.82) is 0 Å². The Balaban J connectivity index is 2.43. The zero-order valence-electron chi connectivity index (χ0n) is 13.5. The fraction of sp³-hybridized carbons (Fsp3) is 0.938. The average molecular weight is 285 g/mol. The summed E-state index contributed by atoms with van der Waals surface area (Å²) >= 11 is 0. The summed E-state index contributed by atoms with van der Waals surface area (Å²) in [5, 5.41) is 3.43. The van der Waals surface area contributed by atoms with Crippen LogP contribution in [0.1, 0.15) is 66.2 Å². The van der Waals surface area contributed by atoms with Gasteiger partial charge in [0.25, 0.3) is 0 Å². The molecule has 1 fully saturated rings. The zero-order chi connectivity index (χ0) is 15.0. The van der Waals surface area contributed by atoms with Gasteiger partial charge in [-0.05, 0) is 40.0 Å². The standard InChI is InChI=1S/C16H31NO3/c1-5-7-8-11-20-13(3)12-16(4,15(18)19-6-2)17-14-9-10-14/h13-14,17H,5-12H2,1-4H3. The van der Waals surface area contributed by atoms with Crippen molar-refractivity contribution in [1.82, 2.24) is 5.32 Å². The van der Waals surface area contributed by atoms with E-state index in [9.17, 15) is 4.79 Å². The molecule has 2 unspecified atom stereocenters. The number of esters is 1. The maximum absolute atomic E-state index is 12.2. The van der Waals surface area contributed by atoms with Gasteiger partial charge in [-0.1, -0.05) is 19.8 Å². The lowest BCUT2D eigenvalue weighted by molar-refractivity contribution is -0.152. The molecule has 0 spiro atoms. The van der Waals surface area contributed by atoms with Crippen LogP contribution in [0.4, 0.5) is 0 Å². The van der Waals surface area contributed by atoms with Gasteiger partial charge in [0.2, 0.25) is 0 Å². The molecule has 1 saturated carbocycles. The molecule has 0 saturated heterocycles. The number of carbonyl (C=O) groups excluding carboxylic acids is 1. The van der Waals surface area contributed by atoms with Crippen molar-refractivity contribution in [3.8, 4) is 0 Å². The van der Waals surface area contributed by atoms with Gasteiger partial charge in [0.1, 0.15) is 5.54 Å². The van der Waals surface area contributed by atoms with E-state index in [0.717, 1.165) is 25.9 Å². The molecule has 1 rings (SSSR count). The van der Waals surface area contributed by atoms with E-state index in [-0.39, 0.29) is 12.1 Å². The number of nitrogens with one attached hydrogen (secondary N) is 1. The maximum atomic E-state index is 12.2. The first-order valence-electron chi connectivity index (χ1n) is 8.08. The Morgan fingerprint density at radius 1 is 1.35 bits per heavy atom. The third kappa shape index (κ3) is 6.23. The Hall–Kier alpha value is -0.610. The predicted octanol–water partition coefficient (Wildman–Crippen LogP) is 3.05. The summed E-state index contributed by atoms with van der Waals surface area (Å²) < 4.78 is 11.0. The van der Waals surface area contributed by atoms with Crippen molar-refractivity contribution < 1.29 is 14.3 Å². The van der Waals surface area contributed by atoms with Crippen LogP contribution in [0.5, 0.6) is 0 Å². The van der Waals surface area contributed by atoms with Crippen LogP contribution in [0, 0.1) is 0 Å². The van der Waals surface area contributed by atoms with Gasteiger partial charge in [-0.25, -0.2) is 0 Å². The second kappa shape index (κ2) is 8.63. The van der Waals surface area contributed by atoms with Gasteiger partial charge < -0.3 is 9.47 Å². The highest BCUT2D eigenvalue weighted by Crippen LogP contribution is 2.26. The van der Waals surface area contributed by atoms with E-state index in [2.05, 4.69) is 12.2 Å². The van der Waals surface area contributed by atoms with Gasteiger partial charge in [-0.3, -0.25) is 10.1 Å². The number of rotatable bonds is 11. The highest BCUT2D eigenvalue weighted by molar-refractivity contribution is 5.80. The average Bonchev–Trinajstić information content (AvgIpc) is 3.18. The van der Waals surface area contributed by atoms with Crippen LogP contribution in [0.15, 0.2) is 0 Å². The number of unbranched alkanes of at least 4 members (excludes halogenated alkanes) is 2. The molecule has 1 aliphatic rings. The van der Waals surface area contributed by atoms with Crippen molar-refractivity contribution in [3.05, 3.63) is 0 Å². The van der Waals surface area contributed by atoms with Crippen molar-refractivity contribution in [2.75, 3.05) is 13.2 Å². The van der Waals surface area contributed by atoms with Crippen molar-refractivity contribution in [2.45, 2.75) is 83.9 Å². The van der Waals surface area contributed by atoms with Crippen LogP contribution in [-0.4, -0.2) is 36.9 Å². The fourth-order valence-electron chi connectivity index (χ4n) is 2.44. The summed E-state index contributed by atoms with van der Waals surface area (Å²) in [5.41, 5.74) is -0.624. The van der Waals surface area contributed by atoms with Gasteiger partial charge in [0.15, 0.2) is 0 Å². The Morgan fingerprint density at radius 2 is 2.05 bits per heavy atom. The molecule has 4 nitrogen and oxygen atoms in total. The minimum absolute atomic E-state index is 0.0625. The second-order valence-corrected chi connectivity index (χ2v) is 6.06. The normalized spacial score (nSPS) is 19.4. The molecule has 0 radical (unpaired) electrons. The Kier molecular flexibility index (Phi) is 7.52. The molecule has 0 amide bonds. The summed E-state index contributed by atoms with van der Waals surface area (Å²) in [5.74, 6) is -0.157. The molecule has 0 aromatic carbocycles. The smallest absolute Gasteiger partial charge is 0.326 e. The lowest BCUT2D eigenvalue weighted by Crippen LogP contribution is -2.53. The fourth-order valence-corrected chi connectivity index (χ4v) is 2.44. The van der Waals surface area contributed by atoms with Gasteiger partial charge in [0, 0.05) is 19.1 Å². The number of hydrogen-bond donors (Lipinski definition) is 1. The summed E-state index contributed by atoms with van der Waals surface area (Å²) in [6.07, 6.45) is 6.51. The quantitative estimate of drug-likeness (QED) is 0.468. The third-order valence-corrected chi connectivity index (χ3v) is 3.67. The van der Waals surface area contributed by atoms with Gasteiger partial charge in [-0.15, -0.1) is 0 Å². The summed E-state index contributed by atoms with van der Waals surface area (Å²) in [6.45, 7) is 9.21. The van der Waals surface area contributed by atoms with E-state index >= 15 is 0 Å². The molecule has 0 bridgehead atoms. The zero-order valence-corrected chi connectivity index (χ0v) is 13.5. The maximum Gasteiger partial charge on any atom is 0.326 e. The SMILES string of the molecule is CCCCCOC(C)CC(C)(NC1CC1)C(=O)OCC. The molecule has 2 atom stereocenters. The Morgan fingerprint density at radius 3 is 2.60 bits per heavy atom. The number of ether oxygens (including phenoxy) is 2. The van der Waals surface area contributed by atoms with Gasteiger partial charge in [-0.2, -0.15) is 0 Å². The van der Waals surface area contributed by atoms with Crippen LogP contribution < -0.4 is 5.32 Å².